The molecule has 1 amide bonds. The zero-order valence-electron chi connectivity index (χ0n) is 11.5. The van der Waals surface area contributed by atoms with Gasteiger partial charge in [-0.25, -0.2) is 8.60 Å². The fourth-order valence-corrected chi connectivity index (χ4v) is 2.43. The van der Waals surface area contributed by atoms with E-state index in [9.17, 15) is 13.4 Å². The van der Waals surface area contributed by atoms with E-state index < -0.39 is 5.91 Å². The summed E-state index contributed by atoms with van der Waals surface area (Å²) in [6, 6.07) is 2.73. The van der Waals surface area contributed by atoms with E-state index in [0.29, 0.717) is 16.7 Å². The van der Waals surface area contributed by atoms with Crippen LogP contribution in [0.4, 0.5) is 4.39 Å². The summed E-state index contributed by atoms with van der Waals surface area (Å²) in [7, 11) is 0. The van der Waals surface area contributed by atoms with Gasteiger partial charge >= 0.3 is 0 Å². The molecule has 0 unspecified atom stereocenters. The molecule has 0 aromatic heterocycles. The number of primary amides is 1. The first-order chi connectivity index (χ1) is 8.79. The first kappa shape index (κ1) is 15.6. The summed E-state index contributed by atoms with van der Waals surface area (Å²) >= 11 is 0.0698. The van der Waals surface area contributed by atoms with E-state index in [0.717, 1.165) is 0 Å². The molecule has 0 heterocycles. The van der Waals surface area contributed by atoms with E-state index in [1.807, 2.05) is 27.7 Å². The van der Waals surface area contributed by atoms with Gasteiger partial charge in [0.15, 0.2) is 0 Å². The highest BCUT2D eigenvalue weighted by molar-refractivity contribution is 7.69. The number of carbonyl (C=O) groups excluding carboxylic acids is 1. The van der Waals surface area contributed by atoms with Crippen LogP contribution in [-0.2, 0) is 16.1 Å². The molecule has 0 saturated heterocycles. The van der Waals surface area contributed by atoms with E-state index in [4.69, 9.17) is 5.73 Å². The number of carbonyl (C=O) groups is 1. The van der Waals surface area contributed by atoms with E-state index in [2.05, 4.69) is 0 Å². The minimum absolute atomic E-state index is 0.00954. The van der Waals surface area contributed by atoms with Gasteiger partial charge < -0.3 is 5.73 Å². The lowest BCUT2D eigenvalue weighted by molar-refractivity contribution is -0.111. The van der Waals surface area contributed by atoms with Crippen molar-refractivity contribution in [3.05, 3.63) is 34.6 Å². The summed E-state index contributed by atoms with van der Waals surface area (Å²) in [5.74, 6) is -1.15. The van der Waals surface area contributed by atoms with Gasteiger partial charge in [-0.05, 0) is 35.1 Å². The van der Waals surface area contributed by atoms with E-state index in [1.54, 1.807) is 0 Å². The van der Waals surface area contributed by atoms with Crippen LogP contribution in [0.25, 0.3) is 0 Å². The number of rotatable bonds is 4. The van der Waals surface area contributed by atoms with Crippen molar-refractivity contribution in [2.45, 2.75) is 39.5 Å². The van der Waals surface area contributed by atoms with Gasteiger partial charge in [-0.1, -0.05) is 27.7 Å². The summed E-state index contributed by atoms with van der Waals surface area (Å²) in [6.45, 7) is 7.54. The number of nitrogens with two attached hydrogens (primary N) is 1. The molecular formula is C14H18FNO2S. The molecule has 0 aliphatic rings. The van der Waals surface area contributed by atoms with Crippen molar-refractivity contribution in [2.75, 3.05) is 0 Å². The van der Waals surface area contributed by atoms with Crippen LogP contribution in [0.3, 0.4) is 0 Å². The Hall–Kier alpha value is -1.49. The molecule has 0 aliphatic heterocycles. The normalized spacial score (nSPS) is 10.9. The molecule has 5 heteroatoms. The molecule has 0 radical (unpaired) electrons. The van der Waals surface area contributed by atoms with Crippen LogP contribution in [0.15, 0.2) is 12.1 Å². The van der Waals surface area contributed by atoms with Gasteiger partial charge in [-0.15, -0.1) is 0 Å². The van der Waals surface area contributed by atoms with Crippen LogP contribution < -0.4 is 5.73 Å². The maximum absolute atomic E-state index is 13.7. The summed E-state index contributed by atoms with van der Waals surface area (Å²) in [4.78, 5) is 11.4. The summed E-state index contributed by atoms with van der Waals surface area (Å²) in [5.41, 5.74) is 7.04. The predicted molar refractivity (Wildman–Crippen MR) is 76.0 cm³/mol. The molecule has 0 saturated carbocycles. The van der Waals surface area contributed by atoms with Crippen LogP contribution >= 0.6 is 0 Å². The van der Waals surface area contributed by atoms with Crippen molar-refractivity contribution in [3.63, 3.8) is 0 Å². The highest BCUT2D eigenvalue weighted by atomic mass is 32.1. The Morgan fingerprint density at radius 3 is 1.84 bits per heavy atom. The maximum atomic E-state index is 13.7. The van der Waals surface area contributed by atoms with Crippen molar-refractivity contribution < 1.29 is 13.4 Å². The second-order valence-corrected chi connectivity index (χ2v) is 5.62. The van der Waals surface area contributed by atoms with E-state index >= 15 is 0 Å². The SMILES string of the molecule is CC(C)c1cc(F)cc(C(C)C)c1C(=S=O)C(N)=O. The molecule has 1 rings (SSSR count). The lowest BCUT2D eigenvalue weighted by Crippen LogP contribution is -2.27. The van der Waals surface area contributed by atoms with Gasteiger partial charge in [0.2, 0.25) is 0 Å². The van der Waals surface area contributed by atoms with Gasteiger partial charge in [-0.3, -0.25) is 4.79 Å². The molecule has 0 fully saturated rings. The third-order valence-corrected chi connectivity index (χ3v) is 3.51. The second-order valence-electron chi connectivity index (χ2n) is 5.05. The third kappa shape index (κ3) is 3.29. The minimum atomic E-state index is -0.768. The fourth-order valence-electron chi connectivity index (χ4n) is 2.03. The molecule has 0 atom stereocenters. The van der Waals surface area contributed by atoms with E-state index in [-0.39, 0.29) is 33.8 Å². The molecular weight excluding hydrogens is 265 g/mol. The fraction of sp³-hybridized carbons (Fsp3) is 0.429. The quantitative estimate of drug-likeness (QED) is 0.681. The molecule has 0 bridgehead atoms. The van der Waals surface area contributed by atoms with Gasteiger partial charge in [0.1, 0.15) is 21.9 Å². The molecule has 0 aliphatic carbocycles. The Morgan fingerprint density at radius 2 is 1.58 bits per heavy atom. The highest BCUT2D eigenvalue weighted by Crippen LogP contribution is 2.29. The summed E-state index contributed by atoms with van der Waals surface area (Å²) < 4.78 is 24.9. The number of benzene rings is 1. The molecule has 1 aromatic carbocycles. The number of hydrogen-bond acceptors (Lipinski definition) is 2. The van der Waals surface area contributed by atoms with Crippen molar-refractivity contribution >= 4 is 22.0 Å². The number of hydrogen-bond donors (Lipinski definition) is 1. The molecule has 1 aromatic rings. The second kappa shape index (κ2) is 6.10. The lowest BCUT2D eigenvalue weighted by Gasteiger charge is -2.19. The Morgan fingerprint density at radius 1 is 1.16 bits per heavy atom. The zero-order valence-corrected chi connectivity index (χ0v) is 12.3. The van der Waals surface area contributed by atoms with Crippen molar-refractivity contribution in [1.29, 1.82) is 0 Å². The van der Waals surface area contributed by atoms with Gasteiger partial charge in [0.25, 0.3) is 5.91 Å². The molecule has 3 nitrogen and oxygen atoms in total. The molecule has 19 heavy (non-hydrogen) atoms. The maximum Gasteiger partial charge on any atom is 0.262 e. The minimum Gasteiger partial charge on any atom is -0.365 e. The first-order valence-electron chi connectivity index (χ1n) is 6.09. The summed E-state index contributed by atoms with van der Waals surface area (Å²) in [6.07, 6.45) is 0. The summed E-state index contributed by atoms with van der Waals surface area (Å²) in [5, 5.41) is 0. The van der Waals surface area contributed by atoms with Crippen LogP contribution in [0, 0.1) is 5.82 Å². The van der Waals surface area contributed by atoms with E-state index in [1.165, 1.54) is 12.1 Å². The zero-order chi connectivity index (χ0) is 14.7. The van der Waals surface area contributed by atoms with Crippen molar-refractivity contribution in [1.82, 2.24) is 0 Å². The van der Waals surface area contributed by atoms with Crippen molar-refractivity contribution in [2.24, 2.45) is 5.73 Å². The Labute approximate surface area is 116 Å². The molecule has 0 spiro atoms. The van der Waals surface area contributed by atoms with Crippen LogP contribution in [-0.4, -0.2) is 15.0 Å². The standard InChI is InChI=1S/C14H18FNO2S/c1-7(2)10-5-9(15)6-11(8(3)4)12(10)13(19-18)14(16)17/h5-8H,1-4H3,(H2,16,17). The highest BCUT2D eigenvalue weighted by Gasteiger charge is 2.22. The lowest BCUT2D eigenvalue weighted by atomic mass is 9.86. The van der Waals surface area contributed by atoms with Gasteiger partial charge in [0.05, 0.1) is 0 Å². The van der Waals surface area contributed by atoms with Gasteiger partial charge in [0, 0.05) is 5.56 Å². The topological polar surface area (TPSA) is 60.2 Å². The van der Waals surface area contributed by atoms with Gasteiger partial charge in [-0.2, -0.15) is 0 Å². The Kier molecular flexibility index (Phi) is 5.00. The Balaban J connectivity index is 3.75. The number of halogens is 1. The Bertz CT molecular complexity index is 532. The third-order valence-electron chi connectivity index (χ3n) is 2.94. The van der Waals surface area contributed by atoms with Crippen molar-refractivity contribution in [3.8, 4) is 0 Å². The molecule has 104 valence electrons. The average molecular weight is 283 g/mol. The first-order valence-corrected chi connectivity index (χ1v) is 6.84. The average Bonchev–Trinajstić information content (AvgIpc) is 2.30. The largest absolute Gasteiger partial charge is 0.365 e. The van der Waals surface area contributed by atoms with Crippen LogP contribution in [0.2, 0.25) is 0 Å². The number of amides is 1. The smallest absolute Gasteiger partial charge is 0.262 e. The van der Waals surface area contributed by atoms with Crippen LogP contribution in [0.5, 0.6) is 0 Å². The molecule has 2 N–H and O–H groups in total. The predicted octanol–water partition coefficient (Wildman–Crippen LogP) is 2.29. The van der Waals surface area contributed by atoms with Crippen LogP contribution in [0.1, 0.15) is 56.2 Å². The monoisotopic (exact) mass is 283 g/mol.